The van der Waals surface area contributed by atoms with E-state index in [1.165, 1.54) is 11.1 Å². The van der Waals surface area contributed by atoms with Crippen molar-refractivity contribution in [2.24, 2.45) is 5.41 Å². The van der Waals surface area contributed by atoms with E-state index in [2.05, 4.69) is 38.3 Å². The topological polar surface area (TPSA) is 76.1 Å². The van der Waals surface area contributed by atoms with Crippen molar-refractivity contribution in [1.82, 2.24) is 0 Å². The van der Waals surface area contributed by atoms with Gasteiger partial charge in [-0.05, 0) is 66.8 Å². The average Bonchev–Trinajstić information content (AvgIpc) is 2.45. The molecule has 0 bridgehead atoms. The summed E-state index contributed by atoms with van der Waals surface area (Å²) >= 11 is 0. The first-order chi connectivity index (χ1) is 10.8. The molecule has 0 aliphatic rings. The van der Waals surface area contributed by atoms with Crippen molar-refractivity contribution in [2.45, 2.75) is 27.7 Å². The monoisotopic (exact) mass is 312 g/mol. The summed E-state index contributed by atoms with van der Waals surface area (Å²) in [5.41, 5.74) is 17.9. The van der Waals surface area contributed by atoms with Crippen LogP contribution in [0.4, 0.5) is 22.7 Å². The Bertz CT molecular complexity index is 620. The molecule has 2 aromatic carbocycles. The number of hydrogen-bond acceptors (Lipinski definition) is 4. The molecule has 0 amide bonds. The lowest BCUT2D eigenvalue weighted by molar-refractivity contribution is 0.419. The number of nitrogens with one attached hydrogen (secondary N) is 2. The van der Waals surface area contributed by atoms with Gasteiger partial charge in [-0.1, -0.05) is 13.8 Å². The summed E-state index contributed by atoms with van der Waals surface area (Å²) in [6.07, 6.45) is 0. The highest BCUT2D eigenvalue weighted by molar-refractivity contribution is 5.58. The largest absolute Gasteiger partial charge is 0.399 e. The highest BCUT2D eigenvalue weighted by atomic mass is 14.9. The second-order valence-corrected chi connectivity index (χ2v) is 7.02. The van der Waals surface area contributed by atoms with Crippen LogP contribution >= 0.6 is 0 Å². The third kappa shape index (κ3) is 4.81. The van der Waals surface area contributed by atoms with E-state index in [1.807, 2.05) is 36.4 Å². The van der Waals surface area contributed by atoms with Crippen molar-refractivity contribution in [3.8, 4) is 0 Å². The second kappa shape index (κ2) is 6.82. The van der Waals surface area contributed by atoms with Crippen molar-refractivity contribution in [2.75, 3.05) is 35.2 Å². The minimum Gasteiger partial charge on any atom is -0.399 e. The van der Waals surface area contributed by atoms with E-state index in [4.69, 9.17) is 11.5 Å². The predicted octanol–water partition coefficient (Wildman–Crippen LogP) is 4.02. The van der Waals surface area contributed by atoms with Crippen LogP contribution in [0.1, 0.15) is 25.0 Å². The maximum atomic E-state index is 5.80. The lowest BCUT2D eigenvalue weighted by Gasteiger charge is -2.27. The molecule has 4 heteroatoms. The van der Waals surface area contributed by atoms with Gasteiger partial charge in [-0.25, -0.2) is 0 Å². The Morgan fingerprint density at radius 2 is 1.17 bits per heavy atom. The maximum absolute atomic E-state index is 5.80. The van der Waals surface area contributed by atoms with Gasteiger partial charge in [-0.15, -0.1) is 0 Å². The Morgan fingerprint density at radius 1 is 0.783 bits per heavy atom. The van der Waals surface area contributed by atoms with E-state index in [0.29, 0.717) is 0 Å². The molecule has 0 saturated heterocycles. The molecule has 4 nitrogen and oxygen atoms in total. The molecule has 0 fully saturated rings. The zero-order valence-corrected chi connectivity index (χ0v) is 14.5. The van der Waals surface area contributed by atoms with Crippen LogP contribution in [-0.4, -0.2) is 13.1 Å². The fraction of sp³-hybridized carbons (Fsp3) is 0.368. The van der Waals surface area contributed by atoms with E-state index in [9.17, 15) is 0 Å². The minimum atomic E-state index is 0.0989. The van der Waals surface area contributed by atoms with Crippen LogP contribution in [-0.2, 0) is 0 Å². The summed E-state index contributed by atoms with van der Waals surface area (Å²) in [7, 11) is 0. The first-order valence-electron chi connectivity index (χ1n) is 7.97. The van der Waals surface area contributed by atoms with Gasteiger partial charge in [0.25, 0.3) is 0 Å². The zero-order chi connectivity index (χ0) is 17.0. The van der Waals surface area contributed by atoms with Gasteiger partial charge in [0.15, 0.2) is 0 Å². The Labute approximate surface area is 139 Å². The van der Waals surface area contributed by atoms with Crippen LogP contribution in [0.3, 0.4) is 0 Å². The number of nitrogens with two attached hydrogens (primary N) is 2. The number of nitrogen functional groups attached to an aromatic ring is 2. The quantitative estimate of drug-likeness (QED) is 0.608. The summed E-state index contributed by atoms with van der Waals surface area (Å²) in [5.74, 6) is 0. The molecule has 2 aromatic rings. The zero-order valence-electron chi connectivity index (χ0n) is 14.5. The van der Waals surface area contributed by atoms with Crippen molar-refractivity contribution in [3.05, 3.63) is 47.5 Å². The number of anilines is 4. The molecule has 0 aliphatic heterocycles. The number of aryl methyl sites for hydroxylation is 2. The van der Waals surface area contributed by atoms with E-state index in [0.717, 1.165) is 35.8 Å². The van der Waals surface area contributed by atoms with Crippen molar-refractivity contribution >= 4 is 22.7 Å². The van der Waals surface area contributed by atoms with Crippen molar-refractivity contribution in [3.63, 3.8) is 0 Å². The van der Waals surface area contributed by atoms with E-state index in [1.54, 1.807) is 0 Å². The van der Waals surface area contributed by atoms with Crippen molar-refractivity contribution in [1.29, 1.82) is 0 Å². The van der Waals surface area contributed by atoms with E-state index >= 15 is 0 Å². The molecule has 0 radical (unpaired) electrons. The van der Waals surface area contributed by atoms with Crippen LogP contribution in [0.2, 0.25) is 0 Å². The minimum absolute atomic E-state index is 0.0989. The Morgan fingerprint density at radius 3 is 1.52 bits per heavy atom. The van der Waals surface area contributed by atoms with Crippen molar-refractivity contribution < 1.29 is 0 Å². The molecular weight excluding hydrogens is 284 g/mol. The van der Waals surface area contributed by atoms with E-state index < -0.39 is 0 Å². The average molecular weight is 312 g/mol. The van der Waals surface area contributed by atoms with Crippen LogP contribution in [0.25, 0.3) is 0 Å². The van der Waals surface area contributed by atoms with E-state index in [-0.39, 0.29) is 5.41 Å². The Hall–Kier alpha value is -2.36. The number of hydrogen-bond donors (Lipinski definition) is 4. The molecule has 2 rings (SSSR count). The first kappa shape index (κ1) is 17.0. The lowest BCUT2D eigenvalue weighted by Crippen LogP contribution is -2.31. The van der Waals surface area contributed by atoms with Crippen LogP contribution in [0.5, 0.6) is 0 Å². The van der Waals surface area contributed by atoms with Crippen LogP contribution in [0.15, 0.2) is 36.4 Å². The molecule has 0 aromatic heterocycles. The molecule has 23 heavy (non-hydrogen) atoms. The Balaban J connectivity index is 1.93. The molecular formula is C19H28N4. The third-order valence-electron chi connectivity index (χ3n) is 4.02. The Kier molecular flexibility index (Phi) is 5.04. The SMILES string of the molecule is Cc1cc(N)ccc1NCC(C)(C)CNc1ccc(N)cc1C. The van der Waals surface area contributed by atoms with Gasteiger partial charge in [-0.3, -0.25) is 0 Å². The van der Waals surface area contributed by atoms with Gasteiger partial charge in [-0.2, -0.15) is 0 Å². The molecule has 0 heterocycles. The molecule has 124 valence electrons. The highest BCUT2D eigenvalue weighted by Gasteiger charge is 2.18. The molecule has 0 spiro atoms. The number of benzene rings is 2. The fourth-order valence-corrected chi connectivity index (χ4v) is 2.50. The smallest absolute Gasteiger partial charge is 0.0371 e. The van der Waals surface area contributed by atoms with Crippen LogP contribution < -0.4 is 22.1 Å². The van der Waals surface area contributed by atoms with Gasteiger partial charge in [0.2, 0.25) is 0 Å². The molecule has 0 saturated carbocycles. The summed E-state index contributed by atoms with van der Waals surface area (Å²) in [5, 5.41) is 7.05. The maximum Gasteiger partial charge on any atom is 0.0371 e. The first-order valence-corrected chi connectivity index (χ1v) is 7.97. The molecule has 0 atom stereocenters. The van der Waals surface area contributed by atoms with Gasteiger partial charge < -0.3 is 22.1 Å². The highest BCUT2D eigenvalue weighted by Crippen LogP contribution is 2.23. The summed E-state index contributed by atoms with van der Waals surface area (Å²) in [4.78, 5) is 0. The standard InChI is InChI=1S/C19H28N4/c1-13-9-15(20)5-7-17(13)22-11-19(3,4)12-23-18-8-6-16(21)10-14(18)2/h5-10,22-23H,11-12,20-21H2,1-4H3. The van der Waals surface area contributed by atoms with Gasteiger partial charge in [0.05, 0.1) is 0 Å². The van der Waals surface area contributed by atoms with Crippen LogP contribution in [0, 0.1) is 19.3 Å². The predicted molar refractivity (Wildman–Crippen MR) is 102 cm³/mol. The summed E-state index contributed by atoms with van der Waals surface area (Å²) in [6, 6.07) is 11.9. The fourth-order valence-electron chi connectivity index (χ4n) is 2.50. The second-order valence-electron chi connectivity index (χ2n) is 7.02. The molecule has 0 aliphatic carbocycles. The summed E-state index contributed by atoms with van der Waals surface area (Å²) < 4.78 is 0. The van der Waals surface area contributed by atoms with Gasteiger partial charge in [0.1, 0.15) is 0 Å². The van der Waals surface area contributed by atoms with Gasteiger partial charge >= 0.3 is 0 Å². The van der Waals surface area contributed by atoms with Gasteiger partial charge in [0, 0.05) is 35.8 Å². The normalized spacial score (nSPS) is 11.3. The summed E-state index contributed by atoms with van der Waals surface area (Å²) in [6.45, 7) is 10.4. The molecule has 6 N–H and O–H groups in total. The molecule has 0 unspecified atom stereocenters. The lowest BCUT2D eigenvalue weighted by atomic mass is 9.92. The third-order valence-corrected chi connectivity index (χ3v) is 4.02. The number of rotatable bonds is 6.